The van der Waals surface area contributed by atoms with Crippen LogP contribution < -0.4 is 5.32 Å². The second-order valence-electron chi connectivity index (χ2n) is 8.86. The third-order valence-electron chi connectivity index (χ3n) is 7.89. The molecule has 4 aliphatic rings. The first-order chi connectivity index (χ1) is 9.71. The third kappa shape index (κ3) is 1.91. The van der Waals surface area contributed by atoms with Crippen molar-refractivity contribution in [2.75, 3.05) is 13.1 Å². The van der Waals surface area contributed by atoms with Gasteiger partial charge in [-0.05, 0) is 92.5 Å². The Hall–Kier alpha value is -0.0400. The zero-order valence-electron chi connectivity index (χ0n) is 13.5. The molecule has 6 atom stereocenters. The van der Waals surface area contributed by atoms with Crippen LogP contribution in [0.2, 0.25) is 0 Å². The van der Waals surface area contributed by atoms with Gasteiger partial charge in [-0.15, -0.1) is 0 Å². The summed E-state index contributed by atoms with van der Waals surface area (Å²) in [4.78, 5) is 0. The quantitative estimate of drug-likeness (QED) is 0.687. The van der Waals surface area contributed by atoms with Crippen molar-refractivity contribution in [2.24, 2.45) is 40.9 Å². The fourth-order valence-electron chi connectivity index (χ4n) is 7.06. The normalized spacial score (nSPS) is 50.7. The predicted molar refractivity (Wildman–Crippen MR) is 84.5 cm³/mol. The molecular formula is C19H33N. The highest BCUT2D eigenvalue weighted by Gasteiger charge is 2.60. The van der Waals surface area contributed by atoms with E-state index in [0.29, 0.717) is 0 Å². The highest BCUT2D eigenvalue weighted by atomic mass is 14.9. The first-order valence-corrected chi connectivity index (χ1v) is 9.41. The van der Waals surface area contributed by atoms with Crippen molar-refractivity contribution in [3.05, 3.63) is 0 Å². The molecule has 1 N–H and O–H groups in total. The first-order valence-electron chi connectivity index (χ1n) is 9.41. The molecule has 4 fully saturated rings. The molecular weight excluding hydrogens is 242 g/mol. The molecule has 1 heteroatoms. The molecule has 6 unspecified atom stereocenters. The van der Waals surface area contributed by atoms with Gasteiger partial charge in [-0.1, -0.05) is 26.7 Å². The maximum Gasteiger partial charge on any atom is -0.00434 e. The third-order valence-corrected chi connectivity index (χ3v) is 7.89. The topological polar surface area (TPSA) is 12.0 Å². The number of piperidine rings is 1. The lowest BCUT2D eigenvalue weighted by Crippen LogP contribution is -2.45. The van der Waals surface area contributed by atoms with Crippen LogP contribution in [0.3, 0.4) is 0 Å². The molecule has 1 aliphatic heterocycles. The second-order valence-corrected chi connectivity index (χ2v) is 8.86. The van der Waals surface area contributed by atoms with Gasteiger partial charge in [0.15, 0.2) is 0 Å². The lowest BCUT2D eigenvalue weighted by atomic mass is 9.59. The molecule has 1 spiro atoms. The number of nitrogens with one attached hydrogen (secondary N) is 1. The van der Waals surface area contributed by atoms with Crippen LogP contribution in [-0.4, -0.2) is 13.1 Å². The molecule has 3 aliphatic carbocycles. The first kappa shape index (κ1) is 13.6. The van der Waals surface area contributed by atoms with Crippen LogP contribution in [0.5, 0.6) is 0 Å². The fourth-order valence-corrected chi connectivity index (χ4v) is 7.06. The van der Waals surface area contributed by atoms with E-state index in [1.807, 2.05) is 0 Å². The van der Waals surface area contributed by atoms with Crippen molar-refractivity contribution in [3.8, 4) is 0 Å². The second kappa shape index (κ2) is 5.00. The zero-order valence-corrected chi connectivity index (χ0v) is 13.5. The molecule has 0 aromatic rings. The van der Waals surface area contributed by atoms with Gasteiger partial charge in [0.05, 0.1) is 0 Å². The standard InChI is InChI=1S/C19H33N/c1-13-3-5-15-16-6-4-14(2)12-18(16)19(17(15)11-13)7-9-20-10-8-19/h13-18,20H,3-12H2,1-2H3. The van der Waals surface area contributed by atoms with E-state index in [9.17, 15) is 0 Å². The Bertz CT molecular complexity index is 329. The monoisotopic (exact) mass is 275 g/mol. The van der Waals surface area contributed by atoms with Crippen molar-refractivity contribution in [1.29, 1.82) is 0 Å². The Morgan fingerprint density at radius 3 is 1.75 bits per heavy atom. The highest BCUT2D eigenvalue weighted by Crippen LogP contribution is 2.67. The van der Waals surface area contributed by atoms with Gasteiger partial charge in [0, 0.05) is 0 Å². The van der Waals surface area contributed by atoms with Gasteiger partial charge in [0.1, 0.15) is 0 Å². The van der Waals surface area contributed by atoms with Gasteiger partial charge in [-0.2, -0.15) is 0 Å². The maximum atomic E-state index is 3.65. The molecule has 4 rings (SSSR count). The van der Waals surface area contributed by atoms with E-state index in [0.717, 1.165) is 40.9 Å². The summed E-state index contributed by atoms with van der Waals surface area (Å²) >= 11 is 0. The summed E-state index contributed by atoms with van der Waals surface area (Å²) in [6.45, 7) is 7.65. The molecule has 1 saturated heterocycles. The number of rotatable bonds is 0. The van der Waals surface area contributed by atoms with Crippen LogP contribution >= 0.6 is 0 Å². The van der Waals surface area contributed by atoms with E-state index in [-0.39, 0.29) is 0 Å². The molecule has 0 aromatic heterocycles. The minimum absolute atomic E-state index is 0.754. The minimum Gasteiger partial charge on any atom is -0.317 e. The summed E-state index contributed by atoms with van der Waals surface area (Å²) in [6.07, 6.45) is 12.3. The summed E-state index contributed by atoms with van der Waals surface area (Å²) in [5.74, 6) is 6.41. The molecule has 0 radical (unpaired) electrons. The smallest absolute Gasteiger partial charge is 0.00434 e. The summed E-state index contributed by atoms with van der Waals surface area (Å²) < 4.78 is 0. The molecule has 0 amide bonds. The summed E-state index contributed by atoms with van der Waals surface area (Å²) in [7, 11) is 0. The van der Waals surface area contributed by atoms with Gasteiger partial charge in [-0.3, -0.25) is 0 Å². The van der Waals surface area contributed by atoms with Crippen molar-refractivity contribution >= 4 is 0 Å². The molecule has 0 bridgehead atoms. The van der Waals surface area contributed by atoms with Crippen LogP contribution in [-0.2, 0) is 0 Å². The summed E-state index contributed by atoms with van der Waals surface area (Å²) in [5, 5.41) is 3.65. The molecule has 1 heterocycles. The van der Waals surface area contributed by atoms with E-state index in [4.69, 9.17) is 0 Å². The molecule has 114 valence electrons. The van der Waals surface area contributed by atoms with Gasteiger partial charge < -0.3 is 5.32 Å². The lowest BCUT2D eigenvalue weighted by Gasteiger charge is -2.48. The number of hydrogen-bond donors (Lipinski definition) is 1. The average molecular weight is 275 g/mol. The summed E-state index contributed by atoms with van der Waals surface area (Å²) in [6, 6.07) is 0. The van der Waals surface area contributed by atoms with Gasteiger partial charge >= 0.3 is 0 Å². The van der Waals surface area contributed by atoms with Crippen molar-refractivity contribution in [1.82, 2.24) is 5.32 Å². The van der Waals surface area contributed by atoms with Crippen molar-refractivity contribution in [3.63, 3.8) is 0 Å². The van der Waals surface area contributed by atoms with E-state index in [2.05, 4.69) is 19.2 Å². The summed E-state index contributed by atoms with van der Waals surface area (Å²) in [5.41, 5.74) is 0.754. The average Bonchev–Trinajstić information content (AvgIpc) is 2.70. The fraction of sp³-hybridized carbons (Fsp3) is 1.00. The maximum absolute atomic E-state index is 3.65. The Kier molecular flexibility index (Phi) is 3.41. The van der Waals surface area contributed by atoms with Crippen LogP contribution in [0.1, 0.15) is 65.2 Å². The Morgan fingerprint density at radius 2 is 1.25 bits per heavy atom. The van der Waals surface area contributed by atoms with E-state index in [1.54, 1.807) is 25.7 Å². The molecule has 20 heavy (non-hydrogen) atoms. The van der Waals surface area contributed by atoms with Crippen LogP contribution in [0.25, 0.3) is 0 Å². The molecule has 1 nitrogen and oxygen atoms in total. The zero-order chi connectivity index (χ0) is 13.7. The van der Waals surface area contributed by atoms with Gasteiger partial charge in [-0.25, -0.2) is 0 Å². The van der Waals surface area contributed by atoms with Crippen LogP contribution in [0, 0.1) is 40.9 Å². The Labute approximate surface area is 125 Å². The molecule has 3 saturated carbocycles. The van der Waals surface area contributed by atoms with E-state index < -0.39 is 0 Å². The SMILES string of the molecule is CC1CCC2C3CCC(C)CC3C3(CCNCC3)C2C1. The van der Waals surface area contributed by atoms with E-state index in [1.165, 1.54) is 38.8 Å². The van der Waals surface area contributed by atoms with Crippen molar-refractivity contribution in [2.45, 2.75) is 65.2 Å². The minimum atomic E-state index is 0.754. The predicted octanol–water partition coefficient (Wildman–Crippen LogP) is 4.47. The molecule has 0 aromatic carbocycles. The van der Waals surface area contributed by atoms with Gasteiger partial charge in [0.2, 0.25) is 0 Å². The Morgan fingerprint density at radius 1 is 0.750 bits per heavy atom. The van der Waals surface area contributed by atoms with Crippen molar-refractivity contribution < 1.29 is 0 Å². The Balaban J connectivity index is 1.69. The van der Waals surface area contributed by atoms with E-state index >= 15 is 0 Å². The van der Waals surface area contributed by atoms with Crippen LogP contribution in [0.15, 0.2) is 0 Å². The number of fused-ring (bicyclic) bond motifs is 5. The van der Waals surface area contributed by atoms with Crippen LogP contribution in [0.4, 0.5) is 0 Å². The highest BCUT2D eigenvalue weighted by molar-refractivity contribution is 5.10. The largest absolute Gasteiger partial charge is 0.317 e. The lowest BCUT2D eigenvalue weighted by molar-refractivity contribution is 0.0264. The number of hydrogen-bond acceptors (Lipinski definition) is 1. The van der Waals surface area contributed by atoms with Gasteiger partial charge in [0.25, 0.3) is 0 Å².